The molecule has 0 bridgehead atoms. The van der Waals surface area contributed by atoms with Gasteiger partial charge < -0.3 is 10.7 Å². The van der Waals surface area contributed by atoms with Gasteiger partial charge in [0.2, 0.25) is 0 Å². The van der Waals surface area contributed by atoms with E-state index < -0.39 is 11.7 Å². The van der Waals surface area contributed by atoms with Crippen molar-refractivity contribution >= 4 is 16.6 Å². The van der Waals surface area contributed by atoms with Crippen molar-refractivity contribution in [2.24, 2.45) is 0 Å². The van der Waals surface area contributed by atoms with Crippen molar-refractivity contribution in [3.63, 3.8) is 0 Å². The Balaban J connectivity index is 2.26. The Bertz CT molecular complexity index is 801. The number of aromatic nitrogens is 2. The summed E-state index contributed by atoms with van der Waals surface area (Å²) in [5.74, 6) is 0. The zero-order valence-electron chi connectivity index (χ0n) is 11.1. The molecule has 3 N–H and O–H groups in total. The van der Waals surface area contributed by atoms with Crippen molar-refractivity contribution in [2.45, 2.75) is 13.1 Å². The monoisotopic (exact) mass is 291 g/mol. The maximum Gasteiger partial charge on any atom is 0.416 e. The maximum absolute atomic E-state index is 12.9. The van der Waals surface area contributed by atoms with E-state index in [-0.39, 0.29) is 0 Å². The number of alkyl halides is 3. The molecule has 3 rings (SSSR count). The van der Waals surface area contributed by atoms with Crippen LogP contribution in [0.5, 0.6) is 0 Å². The van der Waals surface area contributed by atoms with Gasteiger partial charge >= 0.3 is 6.18 Å². The number of fused-ring (bicyclic) bond motifs is 1. The average Bonchev–Trinajstić information content (AvgIpc) is 2.74. The number of aryl methyl sites for hydroxylation is 1. The first-order chi connectivity index (χ1) is 9.86. The molecule has 0 unspecified atom stereocenters. The van der Waals surface area contributed by atoms with Crippen molar-refractivity contribution in [3.8, 4) is 11.3 Å². The zero-order chi connectivity index (χ0) is 15.2. The number of nitrogen functional groups attached to an aromatic ring is 1. The smallest absolute Gasteiger partial charge is 0.397 e. The molecule has 0 aliphatic rings. The van der Waals surface area contributed by atoms with Crippen molar-refractivity contribution in [1.29, 1.82) is 0 Å². The van der Waals surface area contributed by atoms with Gasteiger partial charge in [-0.2, -0.15) is 13.2 Å². The number of hydrogen-bond acceptors (Lipinski definition) is 2. The molecule has 0 aliphatic heterocycles. The lowest BCUT2D eigenvalue weighted by atomic mass is 10.0. The van der Waals surface area contributed by atoms with Gasteiger partial charge in [0.25, 0.3) is 0 Å². The third-order valence-corrected chi connectivity index (χ3v) is 3.36. The van der Waals surface area contributed by atoms with Crippen LogP contribution in [0, 0.1) is 6.92 Å². The second-order valence-corrected chi connectivity index (χ2v) is 4.86. The highest BCUT2D eigenvalue weighted by molar-refractivity contribution is 5.97. The molecule has 0 fully saturated rings. The van der Waals surface area contributed by atoms with Crippen LogP contribution in [0.4, 0.5) is 18.9 Å². The van der Waals surface area contributed by atoms with E-state index in [2.05, 4.69) is 9.97 Å². The van der Waals surface area contributed by atoms with E-state index >= 15 is 0 Å². The number of rotatable bonds is 1. The molecule has 0 spiro atoms. The molecule has 0 saturated carbocycles. The number of nitrogens with two attached hydrogens (primary N) is 1. The normalized spacial score (nSPS) is 12.0. The Morgan fingerprint density at radius 3 is 2.52 bits per heavy atom. The van der Waals surface area contributed by atoms with Crippen LogP contribution in [0.15, 0.2) is 36.5 Å². The predicted molar refractivity (Wildman–Crippen MR) is 75.7 cm³/mol. The fraction of sp³-hybridized carbons (Fsp3) is 0.133. The van der Waals surface area contributed by atoms with Crippen LogP contribution in [0.2, 0.25) is 0 Å². The van der Waals surface area contributed by atoms with Crippen molar-refractivity contribution in [3.05, 3.63) is 47.8 Å². The fourth-order valence-corrected chi connectivity index (χ4v) is 2.39. The lowest BCUT2D eigenvalue weighted by Gasteiger charge is -2.07. The SMILES string of the molecule is Cc1[nH]c2ccc(C(F)(F)F)cc2c1-c1ccc(N)cn1. The summed E-state index contributed by atoms with van der Waals surface area (Å²) in [6.07, 6.45) is -2.88. The van der Waals surface area contributed by atoms with E-state index in [4.69, 9.17) is 5.73 Å². The fourth-order valence-electron chi connectivity index (χ4n) is 2.39. The van der Waals surface area contributed by atoms with Gasteiger partial charge in [-0.15, -0.1) is 0 Å². The molecule has 21 heavy (non-hydrogen) atoms. The molecule has 0 atom stereocenters. The summed E-state index contributed by atoms with van der Waals surface area (Å²) in [5.41, 5.74) is 8.09. The number of hydrogen-bond donors (Lipinski definition) is 2. The van der Waals surface area contributed by atoms with Gasteiger partial charge in [-0.05, 0) is 37.3 Å². The number of benzene rings is 1. The van der Waals surface area contributed by atoms with Gasteiger partial charge in [0.05, 0.1) is 23.1 Å². The van der Waals surface area contributed by atoms with E-state index in [0.717, 1.165) is 17.8 Å². The molecule has 108 valence electrons. The van der Waals surface area contributed by atoms with Gasteiger partial charge in [0, 0.05) is 22.2 Å². The van der Waals surface area contributed by atoms with E-state index in [9.17, 15) is 13.2 Å². The first kappa shape index (κ1) is 13.5. The van der Waals surface area contributed by atoms with Crippen LogP contribution in [-0.2, 0) is 6.18 Å². The van der Waals surface area contributed by atoms with Crippen molar-refractivity contribution in [1.82, 2.24) is 9.97 Å². The molecule has 1 aromatic carbocycles. The second kappa shape index (κ2) is 4.51. The topological polar surface area (TPSA) is 54.7 Å². The van der Waals surface area contributed by atoms with Gasteiger partial charge in [-0.3, -0.25) is 4.98 Å². The summed E-state index contributed by atoms with van der Waals surface area (Å²) in [5, 5.41) is 0.500. The summed E-state index contributed by atoms with van der Waals surface area (Å²) >= 11 is 0. The van der Waals surface area contributed by atoms with Gasteiger partial charge in [-0.25, -0.2) is 0 Å². The Morgan fingerprint density at radius 2 is 1.90 bits per heavy atom. The minimum Gasteiger partial charge on any atom is -0.397 e. The highest BCUT2D eigenvalue weighted by Gasteiger charge is 2.31. The first-order valence-corrected chi connectivity index (χ1v) is 6.27. The highest BCUT2D eigenvalue weighted by Crippen LogP contribution is 2.36. The summed E-state index contributed by atoms with van der Waals surface area (Å²) in [6.45, 7) is 1.81. The van der Waals surface area contributed by atoms with Crippen LogP contribution in [0.25, 0.3) is 22.2 Å². The number of pyridine rings is 1. The van der Waals surface area contributed by atoms with Crippen molar-refractivity contribution < 1.29 is 13.2 Å². The second-order valence-electron chi connectivity index (χ2n) is 4.86. The summed E-state index contributed by atoms with van der Waals surface area (Å²) in [4.78, 5) is 7.28. The van der Waals surface area contributed by atoms with E-state index in [1.165, 1.54) is 12.3 Å². The Labute approximate surface area is 118 Å². The number of H-pyrrole nitrogens is 1. The minimum atomic E-state index is -4.37. The van der Waals surface area contributed by atoms with Crippen molar-refractivity contribution in [2.75, 3.05) is 5.73 Å². The first-order valence-electron chi connectivity index (χ1n) is 6.27. The third-order valence-electron chi connectivity index (χ3n) is 3.36. The summed E-state index contributed by atoms with van der Waals surface area (Å²) in [6, 6.07) is 7.02. The number of nitrogens with zero attached hydrogens (tertiary/aromatic N) is 1. The van der Waals surface area contributed by atoms with E-state index in [1.807, 2.05) is 0 Å². The molecule has 0 saturated heterocycles. The maximum atomic E-state index is 12.9. The molecule has 2 heterocycles. The molecule has 3 aromatic rings. The lowest BCUT2D eigenvalue weighted by Crippen LogP contribution is -2.04. The van der Waals surface area contributed by atoms with Crippen LogP contribution in [-0.4, -0.2) is 9.97 Å². The molecule has 0 aliphatic carbocycles. The van der Waals surface area contributed by atoms with E-state index in [0.29, 0.717) is 27.8 Å². The number of aromatic amines is 1. The molecule has 3 nitrogen and oxygen atoms in total. The quantitative estimate of drug-likeness (QED) is 0.708. The van der Waals surface area contributed by atoms with E-state index in [1.54, 1.807) is 19.1 Å². The van der Waals surface area contributed by atoms with Crippen LogP contribution < -0.4 is 5.73 Å². The van der Waals surface area contributed by atoms with Crippen LogP contribution in [0.1, 0.15) is 11.3 Å². The molecule has 6 heteroatoms. The van der Waals surface area contributed by atoms with Crippen LogP contribution in [0.3, 0.4) is 0 Å². The Morgan fingerprint density at radius 1 is 1.14 bits per heavy atom. The number of anilines is 1. The number of nitrogens with one attached hydrogen (secondary N) is 1. The predicted octanol–water partition coefficient (Wildman–Crippen LogP) is 4.14. The minimum absolute atomic E-state index is 0.500. The molecule has 0 radical (unpaired) electrons. The van der Waals surface area contributed by atoms with Gasteiger partial charge in [0.15, 0.2) is 0 Å². The molecular formula is C15H12F3N3. The molecular weight excluding hydrogens is 279 g/mol. The Hall–Kier alpha value is -2.50. The van der Waals surface area contributed by atoms with Gasteiger partial charge in [0.1, 0.15) is 0 Å². The van der Waals surface area contributed by atoms with Crippen LogP contribution >= 0.6 is 0 Å². The largest absolute Gasteiger partial charge is 0.416 e. The van der Waals surface area contributed by atoms with Gasteiger partial charge in [-0.1, -0.05) is 0 Å². The Kier molecular flexibility index (Phi) is 2.90. The zero-order valence-corrected chi connectivity index (χ0v) is 11.1. The summed E-state index contributed by atoms with van der Waals surface area (Å²) in [7, 11) is 0. The molecule has 2 aromatic heterocycles. The third kappa shape index (κ3) is 2.33. The lowest BCUT2D eigenvalue weighted by molar-refractivity contribution is -0.137. The molecule has 0 amide bonds. The average molecular weight is 291 g/mol. The highest BCUT2D eigenvalue weighted by atomic mass is 19.4. The standard InChI is InChI=1S/C15H12F3N3/c1-8-14(13-5-3-10(19)7-20-13)11-6-9(15(16,17)18)2-4-12(11)21-8/h2-7,21H,19H2,1H3. The summed E-state index contributed by atoms with van der Waals surface area (Å²) < 4.78 is 38.6. The number of halogens is 3.